The van der Waals surface area contributed by atoms with Gasteiger partial charge in [0.2, 0.25) is 10.0 Å². The van der Waals surface area contributed by atoms with E-state index in [1.807, 2.05) is 0 Å². The summed E-state index contributed by atoms with van der Waals surface area (Å²) in [6.07, 6.45) is -4.67. The zero-order valence-corrected chi connectivity index (χ0v) is 13.7. The largest absolute Gasteiger partial charge is 0.443 e. The van der Waals surface area contributed by atoms with Gasteiger partial charge in [-0.15, -0.1) is 0 Å². The summed E-state index contributed by atoms with van der Waals surface area (Å²) in [4.78, 5) is -0.179. The minimum Gasteiger partial charge on any atom is -0.443 e. The highest BCUT2D eigenvalue weighted by molar-refractivity contribution is 7.89. The smallest absolute Gasteiger partial charge is 0.435 e. The molecule has 132 valence electrons. The van der Waals surface area contributed by atoms with Crippen molar-refractivity contribution >= 4 is 21.6 Å². The highest BCUT2D eigenvalue weighted by Crippen LogP contribution is 2.34. The fourth-order valence-corrected chi connectivity index (χ4v) is 2.78. The maximum atomic E-state index is 13.0. The molecular weight excluding hydrogens is 383 g/mol. The van der Waals surface area contributed by atoms with E-state index in [1.54, 1.807) is 0 Å². The van der Waals surface area contributed by atoms with E-state index >= 15 is 0 Å². The van der Waals surface area contributed by atoms with E-state index in [4.69, 9.17) is 21.2 Å². The maximum absolute atomic E-state index is 13.0. The Morgan fingerprint density at radius 1 is 1.12 bits per heavy atom. The lowest BCUT2D eigenvalue weighted by atomic mass is 10.2. The van der Waals surface area contributed by atoms with Gasteiger partial charge in [0.25, 0.3) is 0 Å². The van der Waals surface area contributed by atoms with Crippen LogP contribution in [0.25, 0.3) is 17.1 Å². The zero-order valence-electron chi connectivity index (χ0n) is 12.2. The Balaban J connectivity index is 2.16. The predicted octanol–water partition coefficient (Wildman–Crippen LogP) is 3.45. The Bertz CT molecular complexity index is 1020. The molecule has 0 bridgehead atoms. The van der Waals surface area contributed by atoms with Crippen LogP contribution in [-0.2, 0) is 16.2 Å². The molecule has 2 heterocycles. The Hall–Kier alpha value is -2.30. The minimum absolute atomic E-state index is 0.000816. The van der Waals surface area contributed by atoms with Crippen molar-refractivity contribution in [2.75, 3.05) is 0 Å². The molecule has 11 heteroatoms. The van der Waals surface area contributed by atoms with Crippen LogP contribution in [0.3, 0.4) is 0 Å². The molecule has 0 aliphatic heterocycles. The van der Waals surface area contributed by atoms with Crippen LogP contribution >= 0.6 is 11.6 Å². The average molecular weight is 392 g/mol. The Kier molecular flexibility index (Phi) is 4.13. The van der Waals surface area contributed by atoms with Crippen LogP contribution in [0.15, 0.2) is 51.8 Å². The molecule has 0 atom stereocenters. The van der Waals surface area contributed by atoms with Gasteiger partial charge in [0, 0.05) is 6.07 Å². The molecule has 0 unspecified atom stereocenters. The summed E-state index contributed by atoms with van der Waals surface area (Å²) in [6.45, 7) is 0. The van der Waals surface area contributed by atoms with Crippen molar-refractivity contribution in [1.29, 1.82) is 0 Å². The fourth-order valence-electron chi connectivity index (χ4n) is 2.12. The van der Waals surface area contributed by atoms with Gasteiger partial charge in [0.05, 0.1) is 10.6 Å². The number of hydrogen-bond donors (Lipinski definition) is 1. The van der Waals surface area contributed by atoms with Crippen molar-refractivity contribution in [3.63, 3.8) is 0 Å². The molecule has 25 heavy (non-hydrogen) atoms. The summed E-state index contributed by atoms with van der Waals surface area (Å²) in [5, 5.41) is 8.54. The highest BCUT2D eigenvalue weighted by atomic mass is 35.5. The van der Waals surface area contributed by atoms with Gasteiger partial charge < -0.3 is 4.42 Å². The first-order chi connectivity index (χ1) is 11.6. The number of alkyl halides is 3. The Labute approximate surface area is 144 Å². The third-order valence-electron chi connectivity index (χ3n) is 3.24. The molecule has 0 spiro atoms. The number of benzene rings is 1. The van der Waals surface area contributed by atoms with Crippen LogP contribution in [-0.4, -0.2) is 18.2 Å². The third-order valence-corrected chi connectivity index (χ3v) is 4.37. The lowest BCUT2D eigenvalue weighted by Gasteiger charge is -2.07. The van der Waals surface area contributed by atoms with E-state index in [2.05, 4.69) is 5.10 Å². The monoisotopic (exact) mass is 391 g/mol. The van der Waals surface area contributed by atoms with Gasteiger partial charge in [-0.1, -0.05) is 0 Å². The van der Waals surface area contributed by atoms with Crippen LogP contribution in [0.4, 0.5) is 13.2 Å². The first kappa shape index (κ1) is 17.5. The number of aromatic nitrogens is 2. The number of halogens is 4. The van der Waals surface area contributed by atoms with Crippen LogP contribution in [0.1, 0.15) is 5.69 Å². The standard InChI is InChI=1S/C14H9ClF3N3O3S/c15-13-6-5-11(24-13)10-7-12(14(16,17)18)20-21(10)8-1-3-9(4-2-8)25(19,22)23/h1-7H,(H2,19,22,23). The summed E-state index contributed by atoms with van der Waals surface area (Å²) in [5.41, 5.74) is -0.946. The van der Waals surface area contributed by atoms with Crippen molar-refractivity contribution in [3.05, 3.63) is 53.4 Å². The first-order valence-electron chi connectivity index (χ1n) is 6.62. The number of sulfonamides is 1. The lowest BCUT2D eigenvalue weighted by molar-refractivity contribution is -0.141. The van der Waals surface area contributed by atoms with Gasteiger partial charge in [-0.25, -0.2) is 18.2 Å². The van der Waals surface area contributed by atoms with Crippen molar-refractivity contribution in [3.8, 4) is 17.1 Å². The summed E-state index contributed by atoms with van der Waals surface area (Å²) < 4.78 is 67.7. The van der Waals surface area contributed by atoms with E-state index in [9.17, 15) is 21.6 Å². The van der Waals surface area contributed by atoms with Crippen LogP contribution in [0.2, 0.25) is 5.22 Å². The van der Waals surface area contributed by atoms with Gasteiger partial charge in [-0.2, -0.15) is 18.3 Å². The summed E-state index contributed by atoms with van der Waals surface area (Å²) in [7, 11) is -3.92. The highest BCUT2D eigenvalue weighted by Gasteiger charge is 2.35. The van der Waals surface area contributed by atoms with Gasteiger partial charge in [0.1, 0.15) is 5.69 Å². The molecule has 0 saturated carbocycles. The molecule has 0 aliphatic carbocycles. The van der Waals surface area contributed by atoms with Crippen LogP contribution in [0, 0.1) is 0 Å². The summed E-state index contributed by atoms with van der Waals surface area (Å²) >= 11 is 5.68. The fraction of sp³-hybridized carbons (Fsp3) is 0.0714. The van der Waals surface area contributed by atoms with E-state index in [1.165, 1.54) is 36.4 Å². The molecule has 3 aromatic rings. The van der Waals surface area contributed by atoms with Crippen LogP contribution in [0.5, 0.6) is 0 Å². The normalized spacial score (nSPS) is 12.5. The van der Waals surface area contributed by atoms with E-state index in [0.29, 0.717) is 0 Å². The quantitative estimate of drug-likeness (QED) is 0.740. The second-order valence-corrected chi connectivity index (χ2v) is 6.90. The van der Waals surface area contributed by atoms with Gasteiger partial charge in [-0.3, -0.25) is 0 Å². The second-order valence-electron chi connectivity index (χ2n) is 4.97. The third kappa shape index (κ3) is 3.55. The van der Waals surface area contributed by atoms with Crippen molar-refractivity contribution in [2.45, 2.75) is 11.1 Å². The van der Waals surface area contributed by atoms with Crippen molar-refractivity contribution in [2.24, 2.45) is 5.14 Å². The molecule has 2 aromatic heterocycles. The number of furan rings is 1. The van der Waals surface area contributed by atoms with Gasteiger partial charge >= 0.3 is 6.18 Å². The first-order valence-corrected chi connectivity index (χ1v) is 8.54. The summed E-state index contributed by atoms with van der Waals surface area (Å²) in [5.74, 6) is 0.0727. The zero-order chi connectivity index (χ0) is 18.4. The maximum Gasteiger partial charge on any atom is 0.435 e. The Morgan fingerprint density at radius 2 is 1.76 bits per heavy atom. The topological polar surface area (TPSA) is 91.1 Å². The van der Waals surface area contributed by atoms with Crippen molar-refractivity contribution in [1.82, 2.24) is 9.78 Å². The molecule has 0 fully saturated rings. The number of hydrogen-bond acceptors (Lipinski definition) is 4. The number of rotatable bonds is 3. The molecule has 1 aromatic carbocycles. The molecule has 6 nitrogen and oxygen atoms in total. The SMILES string of the molecule is NS(=O)(=O)c1ccc(-n2nc(C(F)(F)F)cc2-c2ccc(Cl)o2)cc1. The van der Waals surface area contributed by atoms with Crippen LogP contribution < -0.4 is 5.14 Å². The number of primary sulfonamides is 1. The van der Waals surface area contributed by atoms with E-state index in [-0.39, 0.29) is 27.3 Å². The minimum atomic E-state index is -4.67. The average Bonchev–Trinajstić information content (AvgIpc) is 3.12. The van der Waals surface area contributed by atoms with Gasteiger partial charge in [0.15, 0.2) is 16.7 Å². The molecule has 0 radical (unpaired) electrons. The van der Waals surface area contributed by atoms with Crippen molar-refractivity contribution < 1.29 is 26.0 Å². The number of nitrogens with zero attached hydrogens (tertiary/aromatic N) is 2. The number of nitrogens with two attached hydrogens (primary N) is 1. The molecule has 2 N–H and O–H groups in total. The lowest BCUT2D eigenvalue weighted by Crippen LogP contribution is -2.12. The molecular formula is C14H9ClF3N3O3S. The second kappa shape index (κ2) is 5.90. The predicted molar refractivity (Wildman–Crippen MR) is 82.7 cm³/mol. The van der Waals surface area contributed by atoms with Gasteiger partial charge in [-0.05, 0) is 48.0 Å². The summed E-state index contributed by atoms with van der Waals surface area (Å²) in [6, 6.07) is 8.47. The Morgan fingerprint density at radius 3 is 2.24 bits per heavy atom. The van der Waals surface area contributed by atoms with E-state index < -0.39 is 21.9 Å². The molecule has 0 aliphatic rings. The molecule has 3 rings (SSSR count). The molecule has 0 saturated heterocycles. The van der Waals surface area contributed by atoms with E-state index in [0.717, 1.165) is 10.7 Å². The molecule has 0 amide bonds.